The van der Waals surface area contributed by atoms with E-state index in [0.29, 0.717) is 43.5 Å². The van der Waals surface area contributed by atoms with E-state index in [4.69, 9.17) is 5.11 Å². The van der Waals surface area contributed by atoms with Gasteiger partial charge in [-0.2, -0.15) is 5.10 Å². The number of nitrogens with one attached hydrogen (secondary N) is 1. The minimum Gasteiger partial charge on any atom is -0.481 e. The number of hydrazone groups is 1. The Hall–Kier alpha value is -2.70. The summed E-state index contributed by atoms with van der Waals surface area (Å²) in [4.78, 5) is 35.5. The van der Waals surface area contributed by atoms with Gasteiger partial charge in [0.25, 0.3) is 5.91 Å². The van der Waals surface area contributed by atoms with Gasteiger partial charge in [-0.15, -0.1) is 0 Å². The summed E-state index contributed by atoms with van der Waals surface area (Å²) < 4.78 is 0. The first-order chi connectivity index (χ1) is 12.0. The third-order valence-corrected chi connectivity index (χ3v) is 4.71. The fourth-order valence-corrected chi connectivity index (χ4v) is 3.24. The molecule has 1 saturated carbocycles. The maximum atomic E-state index is 12.5. The van der Waals surface area contributed by atoms with Crippen molar-refractivity contribution in [3.8, 4) is 0 Å². The topological polar surface area (TPSA) is 99.1 Å². The molecule has 0 spiro atoms. The van der Waals surface area contributed by atoms with E-state index in [9.17, 15) is 14.4 Å². The van der Waals surface area contributed by atoms with Crippen LogP contribution in [0.25, 0.3) is 0 Å². The number of amides is 2. The number of aliphatic carboxylic acids is 1. The van der Waals surface area contributed by atoms with Crippen LogP contribution in [0.4, 0.5) is 5.69 Å². The summed E-state index contributed by atoms with van der Waals surface area (Å²) >= 11 is 0. The van der Waals surface area contributed by atoms with Crippen molar-refractivity contribution in [3.63, 3.8) is 0 Å². The zero-order valence-electron chi connectivity index (χ0n) is 13.9. The number of benzene rings is 1. The first-order valence-electron chi connectivity index (χ1n) is 8.53. The van der Waals surface area contributed by atoms with Crippen molar-refractivity contribution in [1.82, 2.24) is 5.32 Å². The first kappa shape index (κ1) is 17.1. The summed E-state index contributed by atoms with van der Waals surface area (Å²) in [7, 11) is 0. The molecule has 0 saturated heterocycles. The van der Waals surface area contributed by atoms with Gasteiger partial charge >= 0.3 is 5.97 Å². The Bertz CT molecular complexity index is 694. The Morgan fingerprint density at radius 3 is 2.40 bits per heavy atom. The van der Waals surface area contributed by atoms with E-state index in [-0.39, 0.29) is 30.2 Å². The number of nitrogens with zero attached hydrogens (tertiary/aromatic N) is 2. The molecule has 0 unspecified atom stereocenters. The van der Waals surface area contributed by atoms with Gasteiger partial charge in [0.15, 0.2) is 0 Å². The summed E-state index contributed by atoms with van der Waals surface area (Å²) in [5, 5.41) is 17.5. The highest BCUT2D eigenvalue weighted by atomic mass is 16.4. The molecule has 132 valence electrons. The third-order valence-electron chi connectivity index (χ3n) is 4.71. The van der Waals surface area contributed by atoms with Crippen LogP contribution in [0.5, 0.6) is 0 Å². The molecule has 25 heavy (non-hydrogen) atoms. The van der Waals surface area contributed by atoms with Crippen LogP contribution in [0.3, 0.4) is 0 Å². The van der Waals surface area contributed by atoms with Crippen LogP contribution in [0, 0.1) is 5.92 Å². The number of carbonyl (C=O) groups excluding carboxylic acids is 2. The number of anilines is 1. The van der Waals surface area contributed by atoms with Crippen LogP contribution in [0.15, 0.2) is 35.4 Å². The second-order valence-corrected chi connectivity index (χ2v) is 6.45. The molecule has 1 heterocycles. The lowest BCUT2D eigenvalue weighted by Gasteiger charge is -2.28. The van der Waals surface area contributed by atoms with Gasteiger partial charge < -0.3 is 10.4 Å². The summed E-state index contributed by atoms with van der Waals surface area (Å²) in [5.41, 5.74) is 0.975. The molecule has 0 atom stereocenters. The predicted octanol–water partition coefficient (Wildman–Crippen LogP) is 1.93. The zero-order valence-corrected chi connectivity index (χ0v) is 13.9. The Balaban J connectivity index is 1.64. The van der Waals surface area contributed by atoms with Gasteiger partial charge in [0.2, 0.25) is 5.91 Å². The largest absolute Gasteiger partial charge is 0.481 e. The average molecular weight is 343 g/mol. The van der Waals surface area contributed by atoms with E-state index < -0.39 is 5.97 Å². The molecule has 7 heteroatoms. The van der Waals surface area contributed by atoms with Crippen LogP contribution in [0.2, 0.25) is 0 Å². The molecule has 1 aromatic carbocycles. The third kappa shape index (κ3) is 4.04. The predicted molar refractivity (Wildman–Crippen MR) is 92.1 cm³/mol. The number of carboxylic acids is 1. The van der Waals surface area contributed by atoms with Crippen LogP contribution >= 0.6 is 0 Å². The van der Waals surface area contributed by atoms with E-state index >= 15 is 0 Å². The van der Waals surface area contributed by atoms with Crippen LogP contribution in [-0.2, 0) is 14.4 Å². The average Bonchev–Trinajstić information content (AvgIpc) is 2.63. The second-order valence-electron chi connectivity index (χ2n) is 6.45. The number of hydrogen-bond donors (Lipinski definition) is 2. The van der Waals surface area contributed by atoms with Crippen molar-refractivity contribution >= 4 is 29.2 Å². The molecule has 2 aliphatic rings. The number of para-hydroxylation sites is 1. The van der Waals surface area contributed by atoms with E-state index in [1.54, 1.807) is 12.1 Å². The normalized spacial score (nSPS) is 23.8. The SMILES string of the molecule is O=C(NC1CCC(C(=O)O)CC1)C1=NN(c2ccccc2)C(=O)CC1. The molecular weight excluding hydrogens is 322 g/mol. The maximum Gasteiger partial charge on any atom is 0.306 e. The fraction of sp³-hybridized carbons (Fsp3) is 0.444. The van der Waals surface area contributed by atoms with Crippen molar-refractivity contribution in [3.05, 3.63) is 30.3 Å². The lowest BCUT2D eigenvalue weighted by Crippen LogP contribution is -2.44. The Morgan fingerprint density at radius 1 is 1.08 bits per heavy atom. The monoisotopic (exact) mass is 343 g/mol. The lowest BCUT2D eigenvalue weighted by atomic mass is 9.86. The van der Waals surface area contributed by atoms with Crippen molar-refractivity contribution in [2.75, 3.05) is 5.01 Å². The highest BCUT2D eigenvalue weighted by molar-refractivity contribution is 6.40. The van der Waals surface area contributed by atoms with E-state index in [1.807, 2.05) is 18.2 Å². The standard InChI is InChI=1S/C18H21N3O4/c22-16-11-10-15(20-21(16)14-4-2-1-3-5-14)17(23)19-13-8-6-12(7-9-13)18(24)25/h1-5,12-13H,6-11H2,(H,19,23)(H,24,25). The van der Waals surface area contributed by atoms with E-state index in [1.165, 1.54) is 5.01 Å². The summed E-state index contributed by atoms with van der Waals surface area (Å²) in [6.07, 6.45) is 3.00. The molecular formula is C18H21N3O4. The molecule has 7 nitrogen and oxygen atoms in total. The van der Waals surface area contributed by atoms with Crippen molar-refractivity contribution in [2.45, 2.75) is 44.6 Å². The highest BCUT2D eigenvalue weighted by Gasteiger charge is 2.29. The summed E-state index contributed by atoms with van der Waals surface area (Å²) in [6.45, 7) is 0. The minimum atomic E-state index is -0.765. The highest BCUT2D eigenvalue weighted by Crippen LogP contribution is 2.25. The number of rotatable bonds is 4. The van der Waals surface area contributed by atoms with E-state index in [0.717, 1.165) is 0 Å². The molecule has 0 bridgehead atoms. The smallest absolute Gasteiger partial charge is 0.306 e. The quantitative estimate of drug-likeness (QED) is 0.872. The van der Waals surface area contributed by atoms with Crippen LogP contribution in [0.1, 0.15) is 38.5 Å². The maximum absolute atomic E-state index is 12.5. The summed E-state index contributed by atoms with van der Waals surface area (Å²) in [6, 6.07) is 8.99. The molecule has 2 amide bonds. The number of carboxylic acid groups (broad SMARTS) is 1. The van der Waals surface area contributed by atoms with Crippen molar-refractivity contribution in [2.24, 2.45) is 11.0 Å². The van der Waals surface area contributed by atoms with Crippen molar-refractivity contribution in [1.29, 1.82) is 0 Å². The fourth-order valence-electron chi connectivity index (χ4n) is 3.24. The van der Waals surface area contributed by atoms with Gasteiger partial charge in [-0.25, -0.2) is 5.01 Å². The molecule has 1 fully saturated rings. The Morgan fingerprint density at radius 2 is 1.76 bits per heavy atom. The van der Waals surface area contributed by atoms with Gasteiger partial charge in [-0.3, -0.25) is 14.4 Å². The van der Waals surface area contributed by atoms with Crippen LogP contribution < -0.4 is 10.3 Å². The van der Waals surface area contributed by atoms with Gasteiger partial charge in [-0.1, -0.05) is 18.2 Å². The molecule has 0 radical (unpaired) electrons. The first-order valence-corrected chi connectivity index (χ1v) is 8.53. The molecule has 3 rings (SSSR count). The second kappa shape index (κ2) is 7.46. The number of carbonyl (C=O) groups is 3. The van der Waals surface area contributed by atoms with Gasteiger partial charge in [-0.05, 0) is 37.8 Å². The van der Waals surface area contributed by atoms with Crippen molar-refractivity contribution < 1.29 is 19.5 Å². The van der Waals surface area contributed by atoms with Crippen LogP contribution in [-0.4, -0.2) is 34.6 Å². The zero-order chi connectivity index (χ0) is 17.8. The van der Waals surface area contributed by atoms with Gasteiger partial charge in [0.1, 0.15) is 5.71 Å². The summed E-state index contributed by atoms with van der Waals surface area (Å²) in [5.74, 6) is -1.48. The van der Waals surface area contributed by atoms with E-state index in [2.05, 4.69) is 10.4 Å². The van der Waals surface area contributed by atoms with Gasteiger partial charge in [0.05, 0.1) is 11.6 Å². The molecule has 2 N–H and O–H groups in total. The molecule has 0 aromatic heterocycles. The molecule has 1 aliphatic carbocycles. The Labute approximate surface area is 145 Å². The lowest BCUT2D eigenvalue weighted by molar-refractivity contribution is -0.142. The minimum absolute atomic E-state index is 0.0337. The molecule has 1 aromatic rings. The molecule has 1 aliphatic heterocycles. The number of hydrogen-bond acceptors (Lipinski definition) is 4. The Kier molecular flexibility index (Phi) is 5.11. The van der Waals surface area contributed by atoms with Gasteiger partial charge in [0, 0.05) is 18.9 Å².